The van der Waals surface area contributed by atoms with Crippen molar-refractivity contribution < 1.29 is 38.2 Å². The zero-order valence-electron chi connectivity index (χ0n) is 44.0. The van der Waals surface area contributed by atoms with E-state index < -0.39 is 59.1 Å². The van der Waals surface area contributed by atoms with Crippen molar-refractivity contribution in [3.05, 3.63) is 143 Å². The third-order valence-electron chi connectivity index (χ3n) is 14.3. The van der Waals surface area contributed by atoms with Gasteiger partial charge in [-0.2, -0.15) is 0 Å². The molecule has 3 aliphatic rings. The van der Waals surface area contributed by atoms with E-state index in [9.17, 15) is 28.8 Å². The molecule has 1 fully saturated rings. The SMILES string of the molecule is COCC(c1ccccc1)N(Cc1ccc2c(ccn2C(=O)NC2CC(C(=O)NC3CCCc4ccccc43)N(C(=O)C(NC(=O)CN(C)C(=O)OC(C)(C)C)C(C)(C)C)C2)c1)C(=O)C1Cc2ccccc2CN1. The van der Waals surface area contributed by atoms with Crippen LogP contribution in [-0.2, 0) is 54.6 Å². The highest BCUT2D eigenvalue weighted by atomic mass is 16.6. The molecular formula is C58H72N8O8. The molecule has 5 aromatic rings. The number of hydrogen-bond acceptors (Lipinski definition) is 9. The molecule has 6 amide bonds. The summed E-state index contributed by atoms with van der Waals surface area (Å²) >= 11 is 0. The second kappa shape index (κ2) is 22.6. The van der Waals surface area contributed by atoms with Crippen molar-refractivity contribution in [2.75, 3.05) is 33.9 Å². The third kappa shape index (κ3) is 12.5. The summed E-state index contributed by atoms with van der Waals surface area (Å²) in [5, 5.41) is 13.5. The van der Waals surface area contributed by atoms with Gasteiger partial charge >= 0.3 is 12.1 Å². The fraction of sp³-hybridized carbons (Fsp3) is 0.448. The van der Waals surface area contributed by atoms with E-state index in [4.69, 9.17) is 9.47 Å². The Morgan fingerprint density at radius 3 is 2.26 bits per heavy atom. The number of likely N-dealkylation sites (tertiary alicyclic amines) is 1. The largest absolute Gasteiger partial charge is 0.444 e. The normalized spacial score (nSPS) is 19.3. The second-order valence-corrected chi connectivity index (χ2v) is 22.1. The number of aryl methyl sites for hydroxylation is 1. The number of fused-ring (bicyclic) bond motifs is 3. The topological polar surface area (TPSA) is 184 Å². The number of ether oxygens (including phenoxy) is 2. The lowest BCUT2D eigenvalue weighted by molar-refractivity contribution is -0.144. The summed E-state index contributed by atoms with van der Waals surface area (Å²) in [7, 11) is 3.09. The molecule has 6 atom stereocenters. The Bertz CT molecular complexity index is 2850. The summed E-state index contributed by atoms with van der Waals surface area (Å²) in [4.78, 5) is 89.3. The molecule has 0 radical (unpaired) electrons. The van der Waals surface area contributed by atoms with Crippen LogP contribution in [0.2, 0.25) is 0 Å². The number of nitrogens with one attached hydrogen (secondary N) is 4. The van der Waals surface area contributed by atoms with Crippen molar-refractivity contribution in [1.82, 2.24) is 40.5 Å². The minimum atomic E-state index is -1.09. The number of amides is 6. The summed E-state index contributed by atoms with van der Waals surface area (Å²) < 4.78 is 12.7. The van der Waals surface area contributed by atoms with Gasteiger partial charge in [-0.05, 0) is 110 Å². The molecule has 4 aromatic carbocycles. The Balaban J connectivity index is 1.02. The molecular weight excluding hydrogens is 937 g/mol. The molecule has 0 spiro atoms. The molecule has 3 heterocycles. The Kier molecular flexibility index (Phi) is 16.3. The van der Waals surface area contributed by atoms with Gasteiger partial charge in [0.2, 0.25) is 23.6 Å². The van der Waals surface area contributed by atoms with E-state index in [1.54, 1.807) is 34.1 Å². The molecule has 16 nitrogen and oxygen atoms in total. The molecule has 1 aliphatic carbocycles. The predicted molar refractivity (Wildman–Crippen MR) is 283 cm³/mol. The van der Waals surface area contributed by atoms with Crippen LogP contribution < -0.4 is 21.3 Å². The van der Waals surface area contributed by atoms with Crippen LogP contribution in [-0.4, -0.2) is 119 Å². The molecule has 0 saturated carbocycles. The first-order valence-corrected chi connectivity index (χ1v) is 25.8. The van der Waals surface area contributed by atoms with Crippen LogP contribution in [0.5, 0.6) is 0 Å². The Morgan fingerprint density at radius 1 is 0.838 bits per heavy atom. The number of carbonyl (C=O) groups is 6. The lowest BCUT2D eigenvalue weighted by Gasteiger charge is -2.36. The number of hydrogen-bond donors (Lipinski definition) is 4. The van der Waals surface area contributed by atoms with E-state index in [0.29, 0.717) is 18.5 Å². The van der Waals surface area contributed by atoms with Crippen molar-refractivity contribution in [1.29, 1.82) is 0 Å². The fourth-order valence-electron chi connectivity index (χ4n) is 10.5. The van der Waals surface area contributed by atoms with Crippen molar-refractivity contribution in [2.45, 2.75) is 129 Å². The van der Waals surface area contributed by atoms with Gasteiger partial charge in [0.05, 0.1) is 36.3 Å². The van der Waals surface area contributed by atoms with Crippen LogP contribution in [0.15, 0.2) is 109 Å². The van der Waals surface area contributed by atoms with Crippen molar-refractivity contribution >= 4 is 46.7 Å². The number of aromatic nitrogens is 1. The summed E-state index contributed by atoms with van der Waals surface area (Å²) in [5.41, 5.74) is 5.41. The monoisotopic (exact) mass is 1010 g/mol. The fourth-order valence-corrected chi connectivity index (χ4v) is 10.5. The van der Waals surface area contributed by atoms with Gasteiger partial charge in [-0.3, -0.25) is 23.7 Å². The molecule has 74 heavy (non-hydrogen) atoms. The highest BCUT2D eigenvalue weighted by molar-refractivity contribution is 5.95. The zero-order chi connectivity index (χ0) is 52.9. The van der Waals surface area contributed by atoms with E-state index in [2.05, 4.69) is 39.5 Å². The van der Waals surface area contributed by atoms with Gasteiger partial charge in [-0.25, -0.2) is 9.59 Å². The van der Waals surface area contributed by atoms with Gasteiger partial charge in [0, 0.05) is 45.4 Å². The smallest absolute Gasteiger partial charge is 0.410 e. The van der Waals surface area contributed by atoms with E-state index in [1.165, 1.54) is 27.6 Å². The quantitative estimate of drug-likeness (QED) is 0.0895. The molecule has 4 N–H and O–H groups in total. The lowest BCUT2D eigenvalue weighted by atomic mass is 9.85. The van der Waals surface area contributed by atoms with Gasteiger partial charge in [0.25, 0.3) is 0 Å². The number of methoxy groups -OCH3 is 1. The third-order valence-corrected chi connectivity index (χ3v) is 14.3. The minimum Gasteiger partial charge on any atom is -0.444 e. The molecule has 0 bridgehead atoms. The molecule has 1 saturated heterocycles. The first-order valence-electron chi connectivity index (χ1n) is 25.8. The first-order chi connectivity index (χ1) is 35.3. The second-order valence-electron chi connectivity index (χ2n) is 22.1. The van der Waals surface area contributed by atoms with E-state index in [1.807, 2.05) is 111 Å². The maximum atomic E-state index is 14.9. The lowest BCUT2D eigenvalue weighted by Crippen LogP contribution is -2.59. The number of rotatable bonds is 14. The molecule has 16 heteroatoms. The molecule has 6 unspecified atom stereocenters. The molecule has 392 valence electrons. The van der Waals surface area contributed by atoms with Crippen LogP contribution in [0, 0.1) is 5.41 Å². The summed E-state index contributed by atoms with van der Waals surface area (Å²) in [6.07, 6.45) is 4.23. The molecule has 2 aliphatic heterocycles. The number of nitrogens with zero attached hydrogens (tertiary/aromatic N) is 4. The van der Waals surface area contributed by atoms with E-state index >= 15 is 0 Å². The number of likely N-dealkylation sites (N-methyl/N-ethyl adjacent to an activating group) is 1. The average molecular weight is 1010 g/mol. The molecule has 8 rings (SSSR count). The predicted octanol–water partition coefficient (Wildman–Crippen LogP) is 7.19. The van der Waals surface area contributed by atoms with Gasteiger partial charge < -0.3 is 45.4 Å². The van der Waals surface area contributed by atoms with Crippen molar-refractivity contribution in [3.63, 3.8) is 0 Å². The highest BCUT2D eigenvalue weighted by Gasteiger charge is 2.46. The van der Waals surface area contributed by atoms with Crippen LogP contribution in [0.4, 0.5) is 9.59 Å². The standard InChI is InChI=1S/C58H72N8O8/c1-57(2,3)51(62-50(67)35-63(7)56(72)74-58(4,5)6)54(70)66-34-43(31-48(66)52(68)61-45-24-16-22-38-17-14-15-23-44(38)45)60-55(71)64-28-27-41-29-37(25-26-47(41)64)33-65(49(36-73-8)39-18-10-9-11-19-39)53(69)46-30-40-20-12-13-21-42(40)32-59-46/h9-15,17-21,23,25-29,43,45-46,48-49,51,59H,16,22,24,30-36H2,1-8H3,(H,60,71)(H,61,68)(H,62,67). The Labute approximate surface area is 434 Å². The first kappa shape index (κ1) is 53.3. The zero-order valence-corrected chi connectivity index (χ0v) is 44.0. The van der Waals surface area contributed by atoms with E-state index in [-0.39, 0.29) is 56.6 Å². The molecule has 1 aromatic heterocycles. The van der Waals surface area contributed by atoms with Gasteiger partial charge in [0.1, 0.15) is 24.2 Å². The van der Waals surface area contributed by atoms with Crippen LogP contribution >= 0.6 is 0 Å². The van der Waals surface area contributed by atoms with Crippen LogP contribution in [0.3, 0.4) is 0 Å². The number of carbonyl (C=O) groups excluding carboxylic acids is 6. The summed E-state index contributed by atoms with van der Waals surface area (Å²) in [5.74, 6) is -1.45. The Hall–Kier alpha value is -7.04. The number of benzene rings is 4. The van der Waals surface area contributed by atoms with E-state index in [0.717, 1.165) is 51.8 Å². The maximum absolute atomic E-state index is 14.9. The highest BCUT2D eigenvalue weighted by Crippen LogP contribution is 2.33. The van der Waals surface area contributed by atoms with Crippen LogP contribution in [0.1, 0.15) is 106 Å². The minimum absolute atomic E-state index is 0.00286. The Morgan fingerprint density at radius 2 is 1.54 bits per heavy atom. The van der Waals surface area contributed by atoms with Crippen molar-refractivity contribution in [2.24, 2.45) is 5.41 Å². The summed E-state index contributed by atoms with van der Waals surface area (Å²) in [6.45, 7) is 11.5. The van der Waals surface area contributed by atoms with Gasteiger partial charge in [0.15, 0.2) is 0 Å². The van der Waals surface area contributed by atoms with Crippen molar-refractivity contribution in [3.8, 4) is 0 Å². The average Bonchev–Trinajstić information content (AvgIpc) is 4.00. The summed E-state index contributed by atoms with van der Waals surface area (Å²) in [6, 6.07) is 29.5. The maximum Gasteiger partial charge on any atom is 0.410 e. The van der Waals surface area contributed by atoms with Gasteiger partial charge in [-0.1, -0.05) is 106 Å². The van der Waals surface area contributed by atoms with Gasteiger partial charge in [-0.15, -0.1) is 0 Å². The van der Waals surface area contributed by atoms with Crippen LogP contribution in [0.25, 0.3) is 10.9 Å².